The number of halogens is 1. The SMILES string of the molecule is C=CC(=O)Nc1cc(Nc2cc(N3OCCC3Cc3cccc(Oc4cccc(F)c4)c3)ncn2)c(OC)cc1N1CCC(N(C)C)CC1. The third-order valence-corrected chi connectivity index (χ3v) is 8.85. The molecule has 3 heterocycles. The van der Waals surface area contributed by atoms with Crippen LogP contribution in [0.4, 0.5) is 33.1 Å². The number of amides is 1. The van der Waals surface area contributed by atoms with Crippen LogP contribution in [-0.4, -0.2) is 73.8 Å². The zero-order valence-corrected chi connectivity index (χ0v) is 28.1. The number of carbonyl (C=O) groups excluding carboxylic acids is 1. The number of benzene rings is 3. The van der Waals surface area contributed by atoms with Crippen molar-refractivity contribution in [3.8, 4) is 17.2 Å². The fourth-order valence-corrected chi connectivity index (χ4v) is 6.30. The molecular formula is C37H42FN7O4. The van der Waals surface area contributed by atoms with Gasteiger partial charge in [-0.05, 0) is 81.7 Å². The quantitative estimate of drug-likeness (QED) is 0.161. The standard InChI is InChI=1S/C37H42FN7O4/c1-5-37(46)42-31-21-32(34(47-4)22-33(31)44-15-12-27(13-16-44)43(2)3)41-35-23-36(40-24-39-35)45-28(14-17-48-45)18-25-8-6-10-29(19-25)49-30-11-7-9-26(38)20-30/h5-11,19-24,27-28H,1,12-18H2,2-4H3,(H,42,46)(H,39,40,41). The van der Waals surface area contributed by atoms with Crippen LogP contribution in [0.5, 0.6) is 17.2 Å². The molecule has 2 fully saturated rings. The van der Waals surface area contributed by atoms with E-state index >= 15 is 0 Å². The summed E-state index contributed by atoms with van der Waals surface area (Å²) in [6, 6.07) is 20.0. The summed E-state index contributed by atoms with van der Waals surface area (Å²) in [5.41, 5.74) is 3.22. The molecule has 0 bridgehead atoms. The topological polar surface area (TPSA) is 104 Å². The van der Waals surface area contributed by atoms with Crippen LogP contribution in [0.1, 0.15) is 24.8 Å². The Bertz CT molecular complexity index is 1780. The van der Waals surface area contributed by atoms with Crippen LogP contribution in [0.2, 0.25) is 0 Å². The van der Waals surface area contributed by atoms with Gasteiger partial charge in [-0.1, -0.05) is 24.8 Å². The molecule has 0 spiro atoms. The number of hydroxylamine groups is 1. The summed E-state index contributed by atoms with van der Waals surface area (Å²) in [5, 5.41) is 8.17. The number of ether oxygens (including phenoxy) is 2. The highest BCUT2D eigenvalue weighted by Crippen LogP contribution is 2.40. The van der Waals surface area contributed by atoms with Crippen LogP contribution >= 0.6 is 0 Å². The summed E-state index contributed by atoms with van der Waals surface area (Å²) >= 11 is 0. The summed E-state index contributed by atoms with van der Waals surface area (Å²) in [7, 11) is 5.84. The second-order valence-corrected chi connectivity index (χ2v) is 12.3. The van der Waals surface area contributed by atoms with Gasteiger partial charge in [0.25, 0.3) is 0 Å². The van der Waals surface area contributed by atoms with E-state index in [4.69, 9.17) is 14.3 Å². The molecule has 0 aliphatic carbocycles. The third kappa shape index (κ3) is 8.27. The van der Waals surface area contributed by atoms with Gasteiger partial charge in [0.15, 0.2) is 5.82 Å². The second-order valence-electron chi connectivity index (χ2n) is 12.3. The van der Waals surface area contributed by atoms with Gasteiger partial charge >= 0.3 is 0 Å². The average Bonchev–Trinajstić information content (AvgIpc) is 3.57. The molecule has 1 atom stereocenters. The van der Waals surface area contributed by atoms with Gasteiger partial charge in [-0.2, -0.15) is 0 Å². The maximum atomic E-state index is 13.7. The molecular weight excluding hydrogens is 625 g/mol. The molecule has 2 aliphatic rings. The highest BCUT2D eigenvalue weighted by Gasteiger charge is 2.29. The van der Waals surface area contributed by atoms with E-state index < -0.39 is 0 Å². The van der Waals surface area contributed by atoms with Gasteiger partial charge in [-0.15, -0.1) is 0 Å². The zero-order chi connectivity index (χ0) is 34.3. The fourth-order valence-electron chi connectivity index (χ4n) is 6.30. The molecule has 256 valence electrons. The molecule has 12 heteroatoms. The number of nitrogens with zero attached hydrogens (tertiary/aromatic N) is 5. The molecule has 49 heavy (non-hydrogen) atoms. The molecule has 1 aromatic heterocycles. The number of piperidine rings is 1. The first-order valence-electron chi connectivity index (χ1n) is 16.4. The van der Waals surface area contributed by atoms with Crippen molar-refractivity contribution in [2.24, 2.45) is 0 Å². The van der Waals surface area contributed by atoms with E-state index in [9.17, 15) is 9.18 Å². The highest BCUT2D eigenvalue weighted by atomic mass is 19.1. The molecule has 3 aromatic carbocycles. The van der Waals surface area contributed by atoms with Crippen molar-refractivity contribution in [3.05, 3.63) is 97.1 Å². The Labute approximate surface area is 286 Å². The van der Waals surface area contributed by atoms with Gasteiger partial charge in [-0.3, -0.25) is 9.63 Å². The van der Waals surface area contributed by atoms with Crippen LogP contribution in [0.25, 0.3) is 0 Å². The summed E-state index contributed by atoms with van der Waals surface area (Å²) in [4.78, 5) is 32.1. The Kier molecular flexibility index (Phi) is 10.6. The first kappa shape index (κ1) is 33.7. The van der Waals surface area contributed by atoms with Crippen molar-refractivity contribution >= 4 is 34.6 Å². The van der Waals surface area contributed by atoms with Crippen molar-refractivity contribution in [1.29, 1.82) is 0 Å². The maximum Gasteiger partial charge on any atom is 0.247 e. The lowest BCUT2D eigenvalue weighted by molar-refractivity contribution is -0.111. The molecule has 2 N–H and O–H groups in total. The van der Waals surface area contributed by atoms with Crippen molar-refractivity contribution in [2.45, 2.75) is 37.8 Å². The van der Waals surface area contributed by atoms with Gasteiger partial charge in [0, 0.05) is 37.3 Å². The van der Waals surface area contributed by atoms with Gasteiger partial charge in [0.2, 0.25) is 5.91 Å². The number of hydrogen-bond donors (Lipinski definition) is 2. The van der Waals surface area contributed by atoms with Crippen LogP contribution < -0.4 is 30.1 Å². The molecule has 1 unspecified atom stereocenters. The smallest absolute Gasteiger partial charge is 0.247 e. The van der Waals surface area contributed by atoms with Crippen molar-refractivity contribution in [1.82, 2.24) is 14.9 Å². The maximum absolute atomic E-state index is 13.7. The van der Waals surface area contributed by atoms with E-state index in [-0.39, 0.29) is 17.8 Å². The molecule has 1 amide bonds. The summed E-state index contributed by atoms with van der Waals surface area (Å²) in [6.07, 6.45) is 6.26. The Hall–Kier alpha value is -5.20. The lowest BCUT2D eigenvalue weighted by atomic mass is 10.0. The van der Waals surface area contributed by atoms with E-state index in [1.165, 1.54) is 24.5 Å². The Balaban J connectivity index is 1.19. The molecule has 11 nitrogen and oxygen atoms in total. The summed E-state index contributed by atoms with van der Waals surface area (Å²) in [6.45, 7) is 5.89. The molecule has 2 saturated heterocycles. The second kappa shape index (κ2) is 15.3. The van der Waals surface area contributed by atoms with E-state index in [0.717, 1.165) is 43.6 Å². The number of rotatable bonds is 12. The minimum atomic E-state index is -0.350. The third-order valence-electron chi connectivity index (χ3n) is 8.85. The minimum Gasteiger partial charge on any atom is -0.494 e. The lowest BCUT2D eigenvalue weighted by Gasteiger charge is -2.37. The van der Waals surface area contributed by atoms with Crippen molar-refractivity contribution in [3.63, 3.8) is 0 Å². The predicted molar refractivity (Wildman–Crippen MR) is 190 cm³/mol. The van der Waals surface area contributed by atoms with Crippen LogP contribution in [0.3, 0.4) is 0 Å². The summed E-state index contributed by atoms with van der Waals surface area (Å²) < 4.78 is 25.4. The van der Waals surface area contributed by atoms with Crippen molar-refractivity contribution < 1.29 is 23.5 Å². The van der Waals surface area contributed by atoms with Crippen LogP contribution in [-0.2, 0) is 16.1 Å². The van der Waals surface area contributed by atoms with E-state index in [1.807, 2.05) is 47.5 Å². The molecule has 4 aromatic rings. The molecule has 0 radical (unpaired) electrons. The number of hydrogen-bond acceptors (Lipinski definition) is 10. The minimum absolute atomic E-state index is 0.0124. The van der Waals surface area contributed by atoms with Gasteiger partial charge < -0.3 is 29.9 Å². The lowest BCUT2D eigenvalue weighted by Crippen LogP contribution is -2.42. The predicted octanol–water partition coefficient (Wildman–Crippen LogP) is 6.57. The first-order chi connectivity index (χ1) is 23.8. The number of nitrogens with one attached hydrogen (secondary N) is 2. The van der Waals surface area contributed by atoms with Crippen molar-refractivity contribution in [2.75, 3.05) is 61.5 Å². The fraction of sp³-hybridized carbons (Fsp3) is 0.324. The number of anilines is 5. The first-order valence-corrected chi connectivity index (χ1v) is 16.4. The molecule has 2 aliphatic heterocycles. The van der Waals surface area contributed by atoms with Gasteiger partial charge in [-0.25, -0.2) is 19.4 Å². The van der Waals surface area contributed by atoms with Gasteiger partial charge in [0.05, 0.1) is 36.8 Å². The zero-order valence-electron chi connectivity index (χ0n) is 28.1. The average molecular weight is 668 g/mol. The van der Waals surface area contributed by atoms with E-state index in [2.05, 4.69) is 51.1 Å². The monoisotopic (exact) mass is 667 g/mol. The molecule has 6 rings (SSSR count). The number of aromatic nitrogens is 2. The Morgan fingerprint density at radius 2 is 1.82 bits per heavy atom. The van der Waals surface area contributed by atoms with Crippen LogP contribution in [0.15, 0.2) is 85.7 Å². The Morgan fingerprint density at radius 3 is 2.55 bits per heavy atom. The largest absolute Gasteiger partial charge is 0.494 e. The number of carbonyl (C=O) groups is 1. The number of methoxy groups -OCH3 is 1. The van der Waals surface area contributed by atoms with Crippen LogP contribution in [0, 0.1) is 5.82 Å². The highest BCUT2D eigenvalue weighted by molar-refractivity contribution is 6.02. The summed E-state index contributed by atoms with van der Waals surface area (Å²) in [5.74, 6) is 2.16. The molecule has 0 saturated carbocycles. The normalized spacial score (nSPS) is 16.5. The van der Waals surface area contributed by atoms with Gasteiger partial charge in [0.1, 0.15) is 35.2 Å². The van der Waals surface area contributed by atoms with E-state index in [0.29, 0.717) is 59.3 Å². The Morgan fingerprint density at radius 1 is 1.04 bits per heavy atom. The van der Waals surface area contributed by atoms with E-state index in [1.54, 1.807) is 19.2 Å².